The molecule has 16 heavy (non-hydrogen) atoms. The maximum atomic E-state index is 11.9. The van der Waals surface area contributed by atoms with Crippen molar-refractivity contribution in [3.8, 4) is 0 Å². The van der Waals surface area contributed by atoms with Crippen LogP contribution in [0.2, 0.25) is 0 Å². The van der Waals surface area contributed by atoms with Crippen LogP contribution in [0.4, 0.5) is 0 Å². The number of hydrogen-bond donors (Lipinski definition) is 2. The van der Waals surface area contributed by atoms with Gasteiger partial charge in [-0.25, -0.2) is 0 Å². The van der Waals surface area contributed by atoms with Crippen LogP contribution in [0.25, 0.3) is 0 Å². The predicted molar refractivity (Wildman–Crippen MR) is 61.0 cm³/mol. The molecule has 0 unspecified atom stereocenters. The van der Waals surface area contributed by atoms with Crippen molar-refractivity contribution in [2.75, 3.05) is 0 Å². The summed E-state index contributed by atoms with van der Waals surface area (Å²) in [7, 11) is 0. The molecule has 4 nitrogen and oxygen atoms in total. The lowest BCUT2D eigenvalue weighted by Gasteiger charge is -2.28. The van der Waals surface area contributed by atoms with Crippen LogP contribution in [0.1, 0.15) is 46.0 Å². The topological polar surface area (TPSA) is 66.4 Å². The predicted octanol–water partition coefficient (Wildman–Crippen LogP) is 1.79. The van der Waals surface area contributed by atoms with E-state index in [1.165, 1.54) is 0 Å². The first kappa shape index (κ1) is 13.0. The van der Waals surface area contributed by atoms with Gasteiger partial charge in [-0.1, -0.05) is 19.8 Å². The van der Waals surface area contributed by atoms with E-state index < -0.39 is 11.9 Å². The zero-order valence-corrected chi connectivity index (χ0v) is 10.0. The fourth-order valence-corrected chi connectivity index (χ4v) is 2.19. The van der Waals surface area contributed by atoms with Crippen molar-refractivity contribution in [1.82, 2.24) is 5.32 Å². The molecule has 0 heterocycles. The molecule has 0 aromatic rings. The van der Waals surface area contributed by atoms with Gasteiger partial charge >= 0.3 is 5.97 Å². The molecule has 1 amide bonds. The monoisotopic (exact) mass is 227 g/mol. The van der Waals surface area contributed by atoms with E-state index >= 15 is 0 Å². The average molecular weight is 227 g/mol. The summed E-state index contributed by atoms with van der Waals surface area (Å²) in [5, 5.41) is 12.0. The molecule has 0 aromatic heterocycles. The summed E-state index contributed by atoms with van der Waals surface area (Å²) < 4.78 is 0. The summed E-state index contributed by atoms with van der Waals surface area (Å²) in [5.41, 5.74) is 0. The highest BCUT2D eigenvalue weighted by Gasteiger charge is 2.35. The third-order valence-electron chi connectivity index (χ3n) is 3.42. The smallest absolute Gasteiger partial charge is 0.307 e. The third-order valence-corrected chi connectivity index (χ3v) is 3.42. The summed E-state index contributed by atoms with van der Waals surface area (Å²) in [4.78, 5) is 23.0. The quantitative estimate of drug-likeness (QED) is 0.769. The fraction of sp³-hybridized carbons (Fsp3) is 0.833. The molecule has 2 N–H and O–H groups in total. The molecule has 1 fully saturated rings. The van der Waals surface area contributed by atoms with Crippen LogP contribution in [-0.2, 0) is 9.59 Å². The Labute approximate surface area is 96.4 Å². The van der Waals surface area contributed by atoms with Crippen molar-refractivity contribution in [2.24, 2.45) is 11.8 Å². The second-order valence-electron chi connectivity index (χ2n) is 4.65. The molecule has 0 aromatic carbocycles. The minimum absolute atomic E-state index is 0.0820. The number of aliphatic carboxylic acids is 1. The summed E-state index contributed by atoms with van der Waals surface area (Å²) in [6, 6.07) is 0.129. The highest BCUT2D eigenvalue weighted by atomic mass is 16.4. The number of carbonyl (C=O) groups is 2. The van der Waals surface area contributed by atoms with E-state index in [1.807, 2.05) is 13.8 Å². The van der Waals surface area contributed by atoms with Gasteiger partial charge in [-0.3, -0.25) is 9.59 Å². The number of amides is 1. The van der Waals surface area contributed by atoms with Gasteiger partial charge in [0.05, 0.1) is 11.8 Å². The maximum absolute atomic E-state index is 11.9. The zero-order valence-electron chi connectivity index (χ0n) is 10.0. The van der Waals surface area contributed by atoms with Crippen LogP contribution in [-0.4, -0.2) is 23.0 Å². The van der Waals surface area contributed by atoms with Crippen molar-refractivity contribution < 1.29 is 14.7 Å². The Morgan fingerprint density at radius 3 is 2.38 bits per heavy atom. The van der Waals surface area contributed by atoms with Gasteiger partial charge in [0.15, 0.2) is 0 Å². The standard InChI is InChI=1S/C12H21NO3/c1-3-8(2)13-11(14)9-6-4-5-7-10(9)12(15)16/h8-10H,3-7H2,1-2H3,(H,13,14)(H,15,16)/t8-,9-,10+/m1/s1. The minimum Gasteiger partial charge on any atom is -0.481 e. The Kier molecular flexibility index (Phi) is 4.77. The molecule has 0 bridgehead atoms. The number of carboxylic acid groups (broad SMARTS) is 1. The lowest BCUT2D eigenvalue weighted by atomic mass is 9.78. The largest absolute Gasteiger partial charge is 0.481 e. The molecular formula is C12H21NO3. The van der Waals surface area contributed by atoms with Gasteiger partial charge in [0.1, 0.15) is 0 Å². The average Bonchev–Trinajstić information content (AvgIpc) is 2.28. The Morgan fingerprint density at radius 1 is 1.31 bits per heavy atom. The van der Waals surface area contributed by atoms with Gasteiger partial charge in [0.2, 0.25) is 5.91 Å². The number of nitrogens with one attached hydrogen (secondary N) is 1. The second kappa shape index (κ2) is 5.87. The van der Waals surface area contributed by atoms with E-state index in [4.69, 9.17) is 5.11 Å². The zero-order chi connectivity index (χ0) is 12.1. The maximum Gasteiger partial charge on any atom is 0.307 e. The van der Waals surface area contributed by atoms with E-state index in [2.05, 4.69) is 5.32 Å². The first-order valence-corrected chi connectivity index (χ1v) is 6.09. The van der Waals surface area contributed by atoms with E-state index in [1.54, 1.807) is 0 Å². The van der Waals surface area contributed by atoms with E-state index in [-0.39, 0.29) is 17.9 Å². The van der Waals surface area contributed by atoms with Crippen LogP contribution in [0.3, 0.4) is 0 Å². The summed E-state index contributed by atoms with van der Waals surface area (Å²) in [6.45, 7) is 3.94. The third kappa shape index (κ3) is 3.22. The van der Waals surface area contributed by atoms with Crippen molar-refractivity contribution in [2.45, 2.75) is 52.0 Å². The van der Waals surface area contributed by atoms with Crippen molar-refractivity contribution >= 4 is 11.9 Å². The summed E-state index contributed by atoms with van der Waals surface area (Å²) >= 11 is 0. The number of carbonyl (C=O) groups excluding carboxylic acids is 1. The molecule has 92 valence electrons. The van der Waals surface area contributed by atoms with Crippen molar-refractivity contribution in [3.05, 3.63) is 0 Å². The second-order valence-corrected chi connectivity index (χ2v) is 4.65. The van der Waals surface area contributed by atoms with Crippen LogP contribution < -0.4 is 5.32 Å². The van der Waals surface area contributed by atoms with E-state index in [9.17, 15) is 9.59 Å². The molecule has 1 aliphatic carbocycles. The molecule has 1 aliphatic rings. The first-order valence-electron chi connectivity index (χ1n) is 6.09. The van der Waals surface area contributed by atoms with Gasteiger partial charge in [0.25, 0.3) is 0 Å². The fourth-order valence-electron chi connectivity index (χ4n) is 2.19. The molecule has 1 saturated carbocycles. The van der Waals surface area contributed by atoms with Crippen LogP contribution in [0.15, 0.2) is 0 Å². The first-order chi connectivity index (χ1) is 7.56. The van der Waals surface area contributed by atoms with Gasteiger partial charge in [-0.15, -0.1) is 0 Å². The van der Waals surface area contributed by atoms with Crippen molar-refractivity contribution in [3.63, 3.8) is 0 Å². The van der Waals surface area contributed by atoms with Gasteiger partial charge in [-0.2, -0.15) is 0 Å². The molecule has 0 spiro atoms. The Hall–Kier alpha value is -1.06. The highest BCUT2D eigenvalue weighted by Crippen LogP contribution is 2.30. The molecule has 4 heteroatoms. The SMILES string of the molecule is CC[C@@H](C)NC(=O)[C@@H]1CCCC[C@@H]1C(=O)O. The van der Waals surface area contributed by atoms with Gasteiger partial charge < -0.3 is 10.4 Å². The van der Waals surface area contributed by atoms with Crippen molar-refractivity contribution in [1.29, 1.82) is 0 Å². The van der Waals surface area contributed by atoms with Crippen LogP contribution in [0.5, 0.6) is 0 Å². The summed E-state index contributed by atoms with van der Waals surface area (Å²) in [5.74, 6) is -1.73. The number of rotatable bonds is 4. The van der Waals surface area contributed by atoms with E-state index in [0.717, 1.165) is 19.3 Å². The highest BCUT2D eigenvalue weighted by molar-refractivity contribution is 5.85. The Bertz CT molecular complexity index is 265. The number of carboxylic acids is 1. The molecular weight excluding hydrogens is 206 g/mol. The Balaban J connectivity index is 2.60. The van der Waals surface area contributed by atoms with Gasteiger partial charge in [0, 0.05) is 6.04 Å². The number of hydrogen-bond acceptors (Lipinski definition) is 2. The van der Waals surface area contributed by atoms with E-state index in [0.29, 0.717) is 12.8 Å². The van der Waals surface area contributed by atoms with Gasteiger partial charge in [-0.05, 0) is 26.2 Å². The molecule has 0 radical (unpaired) electrons. The molecule has 1 rings (SSSR count). The minimum atomic E-state index is -0.830. The lowest BCUT2D eigenvalue weighted by molar-refractivity contribution is -0.149. The van der Waals surface area contributed by atoms with Crippen LogP contribution >= 0.6 is 0 Å². The Morgan fingerprint density at radius 2 is 1.88 bits per heavy atom. The molecule has 0 aliphatic heterocycles. The molecule has 3 atom stereocenters. The molecule has 0 saturated heterocycles. The van der Waals surface area contributed by atoms with Crippen LogP contribution in [0, 0.1) is 11.8 Å². The lowest BCUT2D eigenvalue weighted by Crippen LogP contribution is -2.42. The summed E-state index contributed by atoms with van der Waals surface area (Å²) in [6.07, 6.45) is 4.09. The normalized spacial score (nSPS) is 27.1.